The molecule has 0 aliphatic rings. The standard InChI is InChI=1S/C7H10N2O/c1-2-3-4-5-6-7(10)9-8/h2-6H,1,8H2,(H,9,10). The van der Waals surface area contributed by atoms with Gasteiger partial charge < -0.3 is 0 Å². The second-order valence-corrected chi connectivity index (χ2v) is 1.49. The van der Waals surface area contributed by atoms with Gasteiger partial charge in [0.05, 0.1) is 0 Å². The average Bonchev–Trinajstić information content (AvgIpc) is 1.98. The third-order valence-electron chi connectivity index (χ3n) is 0.748. The predicted molar refractivity (Wildman–Crippen MR) is 40.8 cm³/mol. The molecule has 0 rings (SSSR count). The first kappa shape index (κ1) is 8.65. The molecule has 0 heterocycles. The number of nitrogens with one attached hydrogen (secondary N) is 1. The number of hydrogen-bond donors (Lipinski definition) is 2. The van der Waals surface area contributed by atoms with Gasteiger partial charge in [-0.15, -0.1) is 0 Å². The van der Waals surface area contributed by atoms with Crippen LogP contribution in [0.2, 0.25) is 0 Å². The van der Waals surface area contributed by atoms with E-state index in [9.17, 15) is 4.79 Å². The summed E-state index contributed by atoms with van der Waals surface area (Å²) in [5, 5.41) is 0. The smallest absolute Gasteiger partial charge is 0.257 e. The van der Waals surface area contributed by atoms with Crippen LogP contribution >= 0.6 is 0 Å². The van der Waals surface area contributed by atoms with Gasteiger partial charge in [0.1, 0.15) is 0 Å². The molecule has 0 saturated heterocycles. The van der Waals surface area contributed by atoms with E-state index in [1.54, 1.807) is 24.3 Å². The van der Waals surface area contributed by atoms with Gasteiger partial charge in [-0.3, -0.25) is 10.2 Å². The molecule has 0 radical (unpaired) electrons. The van der Waals surface area contributed by atoms with Crippen molar-refractivity contribution in [2.75, 3.05) is 0 Å². The molecule has 0 saturated carbocycles. The SMILES string of the molecule is C=CC=CC=CC(=O)NN. The molecule has 0 aromatic heterocycles. The topological polar surface area (TPSA) is 55.1 Å². The largest absolute Gasteiger partial charge is 0.291 e. The van der Waals surface area contributed by atoms with Gasteiger partial charge in [-0.25, -0.2) is 5.84 Å². The van der Waals surface area contributed by atoms with Crippen LogP contribution in [-0.4, -0.2) is 5.91 Å². The van der Waals surface area contributed by atoms with Crippen molar-refractivity contribution in [2.45, 2.75) is 0 Å². The van der Waals surface area contributed by atoms with E-state index in [-0.39, 0.29) is 5.91 Å². The van der Waals surface area contributed by atoms with Gasteiger partial charge in [0.2, 0.25) is 0 Å². The molecule has 0 unspecified atom stereocenters. The van der Waals surface area contributed by atoms with Crippen LogP contribution in [0.4, 0.5) is 0 Å². The summed E-state index contributed by atoms with van der Waals surface area (Å²) < 4.78 is 0. The van der Waals surface area contributed by atoms with Crippen molar-refractivity contribution in [3.8, 4) is 0 Å². The van der Waals surface area contributed by atoms with Gasteiger partial charge in [0.15, 0.2) is 0 Å². The third-order valence-corrected chi connectivity index (χ3v) is 0.748. The molecule has 0 bridgehead atoms. The summed E-state index contributed by atoms with van der Waals surface area (Å²) in [6.07, 6.45) is 7.90. The minimum absolute atomic E-state index is 0.325. The van der Waals surface area contributed by atoms with Crippen molar-refractivity contribution in [2.24, 2.45) is 5.84 Å². The Morgan fingerprint density at radius 1 is 1.40 bits per heavy atom. The Balaban J connectivity index is 3.65. The summed E-state index contributed by atoms with van der Waals surface area (Å²) in [5.74, 6) is 4.47. The fourth-order valence-corrected chi connectivity index (χ4v) is 0.334. The fourth-order valence-electron chi connectivity index (χ4n) is 0.334. The van der Waals surface area contributed by atoms with Crippen LogP contribution in [0.25, 0.3) is 0 Å². The lowest BCUT2D eigenvalue weighted by molar-refractivity contribution is -0.116. The zero-order valence-electron chi connectivity index (χ0n) is 5.58. The van der Waals surface area contributed by atoms with Crippen LogP contribution in [0.3, 0.4) is 0 Å². The highest BCUT2D eigenvalue weighted by Gasteiger charge is 1.83. The molecule has 3 N–H and O–H groups in total. The Kier molecular flexibility index (Phi) is 5.00. The zero-order valence-corrected chi connectivity index (χ0v) is 5.58. The maximum atomic E-state index is 10.4. The quantitative estimate of drug-likeness (QED) is 0.193. The Morgan fingerprint density at radius 2 is 2.10 bits per heavy atom. The van der Waals surface area contributed by atoms with E-state index in [2.05, 4.69) is 6.58 Å². The molecule has 3 heteroatoms. The number of carbonyl (C=O) groups excluding carboxylic acids is 1. The van der Waals surface area contributed by atoms with Crippen LogP contribution in [0.1, 0.15) is 0 Å². The van der Waals surface area contributed by atoms with E-state index in [1.807, 2.05) is 5.43 Å². The second-order valence-electron chi connectivity index (χ2n) is 1.49. The van der Waals surface area contributed by atoms with Crippen molar-refractivity contribution in [3.63, 3.8) is 0 Å². The summed E-state index contributed by atoms with van der Waals surface area (Å²) in [6, 6.07) is 0. The van der Waals surface area contributed by atoms with Gasteiger partial charge in [-0.2, -0.15) is 0 Å². The molecule has 1 amide bonds. The molecule has 0 aliphatic heterocycles. The number of amides is 1. The van der Waals surface area contributed by atoms with Crippen molar-refractivity contribution in [3.05, 3.63) is 37.0 Å². The second kappa shape index (κ2) is 5.78. The maximum absolute atomic E-state index is 10.4. The number of allylic oxidation sites excluding steroid dienone is 4. The van der Waals surface area contributed by atoms with E-state index in [4.69, 9.17) is 5.84 Å². The van der Waals surface area contributed by atoms with Gasteiger partial charge >= 0.3 is 0 Å². The molecule has 0 aliphatic carbocycles. The number of nitrogens with two attached hydrogens (primary N) is 1. The maximum Gasteiger partial charge on any atom is 0.257 e. The third kappa shape index (κ3) is 4.80. The van der Waals surface area contributed by atoms with E-state index < -0.39 is 0 Å². The van der Waals surface area contributed by atoms with Crippen LogP contribution < -0.4 is 11.3 Å². The highest BCUT2D eigenvalue weighted by molar-refractivity contribution is 5.87. The number of carbonyl (C=O) groups is 1. The first-order valence-electron chi connectivity index (χ1n) is 2.77. The highest BCUT2D eigenvalue weighted by Crippen LogP contribution is 1.76. The zero-order chi connectivity index (χ0) is 7.82. The lowest BCUT2D eigenvalue weighted by Gasteiger charge is -1.85. The summed E-state index contributed by atoms with van der Waals surface area (Å²) in [4.78, 5) is 10.4. The van der Waals surface area contributed by atoms with Crippen LogP contribution in [-0.2, 0) is 4.79 Å². The van der Waals surface area contributed by atoms with Gasteiger partial charge in [-0.1, -0.05) is 30.9 Å². The Labute approximate surface area is 59.9 Å². The van der Waals surface area contributed by atoms with Crippen molar-refractivity contribution in [1.82, 2.24) is 5.43 Å². The first-order valence-corrected chi connectivity index (χ1v) is 2.77. The van der Waals surface area contributed by atoms with Gasteiger partial charge in [0, 0.05) is 6.08 Å². The molecule has 0 aromatic carbocycles. The lowest BCUT2D eigenvalue weighted by atomic mass is 10.4. The molecule has 0 spiro atoms. The lowest BCUT2D eigenvalue weighted by Crippen LogP contribution is -2.27. The Morgan fingerprint density at radius 3 is 2.60 bits per heavy atom. The van der Waals surface area contributed by atoms with Crippen molar-refractivity contribution < 1.29 is 4.79 Å². The van der Waals surface area contributed by atoms with E-state index in [1.165, 1.54) is 6.08 Å². The number of hydrogen-bond acceptors (Lipinski definition) is 2. The highest BCUT2D eigenvalue weighted by atomic mass is 16.2. The van der Waals surface area contributed by atoms with E-state index >= 15 is 0 Å². The molecule has 0 aromatic rings. The minimum Gasteiger partial charge on any atom is -0.291 e. The molecule has 0 atom stereocenters. The number of rotatable bonds is 3. The van der Waals surface area contributed by atoms with Crippen LogP contribution in [0.15, 0.2) is 37.0 Å². The van der Waals surface area contributed by atoms with E-state index in [0.29, 0.717) is 0 Å². The predicted octanol–water partition coefficient (Wildman–Crippen LogP) is 0.275. The normalized spacial score (nSPS) is 10.5. The van der Waals surface area contributed by atoms with Crippen LogP contribution in [0, 0.1) is 0 Å². The molecule has 0 fully saturated rings. The monoisotopic (exact) mass is 138 g/mol. The van der Waals surface area contributed by atoms with E-state index in [0.717, 1.165) is 0 Å². The fraction of sp³-hybridized carbons (Fsp3) is 0. The molecule has 10 heavy (non-hydrogen) atoms. The van der Waals surface area contributed by atoms with Gasteiger partial charge in [-0.05, 0) is 0 Å². The summed E-state index contributed by atoms with van der Waals surface area (Å²) >= 11 is 0. The average molecular weight is 138 g/mol. The number of hydrazine groups is 1. The molecular weight excluding hydrogens is 128 g/mol. The Hall–Kier alpha value is -1.35. The molecular formula is C7H10N2O. The molecule has 3 nitrogen and oxygen atoms in total. The van der Waals surface area contributed by atoms with Crippen molar-refractivity contribution >= 4 is 5.91 Å². The summed E-state index contributed by atoms with van der Waals surface area (Å²) in [6.45, 7) is 3.45. The van der Waals surface area contributed by atoms with Crippen LogP contribution in [0.5, 0.6) is 0 Å². The summed E-state index contributed by atoms with van der Waals surface area (Å²) in [5.41, 5.74) is 1.96. The minimum atomic E-state index is -0.325. The van der Waals surface area contributed by atoms with Crippen molar-refractivity contribution in [1.29, 1.82) is 0 Å². The molecule has 54 valence electrons. The van der Waals surface area contributed by atoms with Gasteiger partial charge in [0.25, 0.3) is 5.91 Å². The first-order chi connectivity index (χ1) is 4.81. The Bertz CT molecular complexity index is 170. The summed E-state index contributed by atoms with van der Waals surface area (Å²) in [7, 11) is 0.